The minimum Gasteiger partial charge on any atom is -0.294 e. The summed E-state index contributed by atoms with van der Waals surface area (Å²) in [6.07, 6.45) is 2.98. The van der Waals surface area contributed by atoms with Gasteiger partial charge in [-0.15, -0.1) is 0 Å². The number of hydrogen-bond donors (Lipinski definition) is 0. The smallest absolute Gasteiger partial charge is 0.0542 e. The van der Waals surface area contributed by atoms with Crippen LogP contribution in [0.3, 0.4) is 0 Å². The van der Waals surface area contributed by atoms with Crippen molar-refractivity contribution >= 4 is 29.6 Å². The van der Waals surface area contributed by atoms with Gasteiger partial charge in [-0.1, -0.05) is 71.9 Å². The van der Waals surface area contributed by atoms with Crippen molar-refractivity contribution in [2.24, 2.45) is 5.10 Å². The molecule has 152 valence electrons. The molecule has 3 nitrogen and oxygen atoms in total. The lowest BCUT2D eigenvalue weighted by atomic mass is 9.97. The molecule has 0 aromatic heterocycles. The maximum atomic E-state index is 6.41. The summed E-state index contributed by atoms with van der Waals surface area (Å²) in [5.74, 6) is 0. The Bertz CT molecular complexity index is 1050. The average molecular weight is 434 g/mol. The Morgan fingerprint density at radius 1 is 0.867 bits per heavy atom. The Hall–Kier alpha value is -2.27. The zero-order valence-electron chi connectivity index (χ0n) is 16.7. The Morgan fingerprint density at radius 3 is 2.47 bits per heavy atom. The lowest BCUT2D eigenvalue weighted by molar-refractivity contribution is 0.0971. The molecule has 30 heavy (non-hydrogen) atoms. The maximum absolute atomic E-state index is 6.41. The van der Waals surface area contributed by atoms with Crippen molar-refractivity contribution in [2.75, 3.05) is 26.2 Å². The molecule has 0 radical (unpaired) electrons. The number of benzene rings is 3. The standard InChI is InChI=1S/C25H24ClN3S/c26-21-10-11-25-22(17-21)23(16-20-8-4-5-9-24(20)30-25)28-12-14-29(15-13-28)27-18-19-6-2-1-3-7-19/h1-11,17-18,23H,12-16H2/b27-18+. The lowest BCUT2D eigenvalue weighted by Gasteiger charge is -2.38. The molecule has 0 bridgehead atoms. The van der Waals surface area contributed by atoms with Gasteiger partial charge in [0, 0.05) is 47.0 Å². The molecule has 2 aliphatic heterocycles. The van der Waals surface area contributed by atoms with Gasteiger partial charge >= 0.3 is 0 Å². The van der Waals surface area contributed by atoms with Crippen LogP contribution in [0.15, 0.2) is 87.7 Å². The van der Waals surface area contributed by atoms with Gasteiger partial charge in [0.25, 0.3) is 0 Å². The first-order valence-corrected chi connectivity index (χ1v) is 11.6. The first-order chi connectivity index (χ1) is 14.8. The van der Waals surface area contributed by atoms with Crippen molar-refractivity contribution in [1.29, 1.82) is 0 Å². The first-order valence-electron chi connectivity index (χ1n) is 10.4. The molecule has 5 rings (SSSR count). The fourth-order valence-electron chi connectivity index (χ4n) is 4.23. The molecule has 1 fully saturated rings. The van der Waals surface area contributed by atoms with E-state index in [-0.39, 0.29) is 0 Å². The van der Waals surface area contributed by atoms with E-state index in [1.54, 1.807) is 0 Å². The summed E-state index contributed by atoms with van der Waals surface area (Å²) in [6.45, 7) is 3.86. The van der Waals surface area contributed by atoms with Crippen LogP contribution in [0, 0.1) is 0 Å². The van der Waals surface area contributed by atoms with Crippen LogP contribution in [0.5, 0.6) is 0 Å². The fourth-order valence-corrected chi connectivity index (χ4v) is 5.53. The van der Waals surface area contributed by atoms with E-state index in [0.717, 1.165) is 43.2 Å². The van der Waals surface area contributed by atoms with Gasteiger partial charge in [-0.2, -0.15) is 5.10 Å². The van der Waals surface area contributed by atoms with Crippen LogP contribution in [0.1, 0.15) is 22.7 Å². The molecule has 0 aliphatic carbocycles. The molecule has 0 N–H and O–H groups in total. The molecule has 1 saturated heterocycles. The summed E-state index contributed by atoms with van der Waals surface area (Å²) in [5, 5.41) is 7.70. The van der Waals surface area contributed by atoms with Gasteiger partial charge in [0.15, 0.2) is 0 Å². The monoisotopic (exact) mass is 433 g/mol. The topological polar surface area (TPSA) is 18.8 Å². The normalized spacial score (nSPS) is 19.4. The summed E-state index contributed by atoms with van der Waals surface area (Å²) in [6, 6.07) is 25.8. The Balaban J connectivity index is 1.35. The number of hydrogen-bond acceptors (Lipinski definition) is 4. The van der Waals surface area contributed by atoms with Crippen molar-refractivity contribution in [3.63, 3.8) is 0 Å². The predicted octanol–water partition coefficient (Wildman–Crippen LogP) is 5.74. The van der Waals surface area contributed by atoms with Gasteiger partial charge in [-0.05, 0) is 47.4 Å². The Labute approximate surface area is 187 Å². The largest absolute Gasteiger partial charge is 0.294 e. The van der Waals surface area contributed by atoms with Gasteiger partial charge in [0.05, 0.1) is 6.21 Å². The molecule has 3 aromatic carbocycles. The molecular weight excluding hydrogens is 410 g/mol. The second-order valence-electron chi connectivity index (χ2n) is 7.76. The van der Waals surface area contributed by atoms with Crippen LogP contribution in [0.4, 0.5) is 0 Å². The van der Waals surface area contributed by atoms with E-state index in [1.807, 2.05) is 42.2 Å². The molecule has 3 aromatic rings. The zero-order valence-corrected chi connectivity index (χ0v) is 18.3. The van der Waals surface area contributed by atoms with Crippen LogP contribution < -0.4 is 0 Å². The third-order valence-corrected chi connectivity index (χ3v) is 7.28. The van der Waals surface area contributed by atoms with E-state index >= 15 is 0 Å². The number of nitrogens with zero attached hydrogens (tertiary/aromatic N) is 3. The SMILES string of the molecule is Clc1ccc2c(c1)C(N1CCN(/N=C/c3ccccc3)CC1)Cc1ccccc1S2. The molecular formula is C25H24ClN3S. The minimum atomic E-state index is 0.343. The van der Waals surface area contributed by atoms with E-state index in [0.29, 0.717) is 6.04 Å². The zero-order chi connectivity index (χ0) is 20.3. The first kappa shape index (κ1) is 19.7. The van der Waals surface area contributed by atoms with E-state index < -0.39 is 0 Å². The second kappa shape index (κ2) is 8.84. The van der Waals surface area contributed by atoms with Crippen molar-refractivity contribution < 1.29 is 0 Å². The Morgan fingerprint density at radius 2 is 1.63 bits per heavy atom. The highest BCUT2D eigenvalue weighted by molar-refractivity contribution is 7.99. The Kier molecular flexibility index (Phi) is 5.80. The summed E-state index contributed by atoms with van der Waals surface area (Å²) in [5.41, 5.74) is 3.91. The van der Waals surface area contributed by atoms with Gasteiger partial charge in [-0.3, -0.25) is 9.91 Å². The molecule has 1 unspecified atom stereocenters. The van der Waals surface area contributed by atoms with E-state index in [2.05, 4.69) is 58.4 Å². The van der Waals surface area contributed by atoms with Crippen molar-refractivity contribution in [3.8, 4) is 0 Å². The van der Waals surface area contributed by atoms with Crippen molar-refractivity contribution in [1.82, 2.24) is 9.91 Å². The molecule has 2 aliphatic rings. The van der Waals surface area contributed by atoms with E-state index in [4.69, 9.17) is 16.7 Å². The van der Waals surface area contributed by atoms with Gasteiger partial charge < -0.3 is 0 Å². The quantitative estimate of drug-likeness (QED) is 0.491. The van der Waals surface area contributed by atoms with Gasteiger partial charge in [0.1, 0.15) is 0 Å². The fraction of sp³-hybridized carbons (Fsp3) is 0.240. The number of halogens is 1. The maximum Gasteiger partial charge on any atom is 0.0542 e. The number of hydrazone groups is 1. The lowest BCUT2D eigenvalue weighted by Crippen LogP contribution is -2.46. The molecule has 0 saturated carbocycles. The highest BCUT2D eigenvalue weighted by Crippen LogP contribution is 2.43. The summed E-state index contributed by atoms with van der Waals surface area (Å²) < 4.78 is 0. The minimum absolute atomic E-state index is 0.343. The molecule has 5 heteroatoms. The molecule has 2 heterocycles. The number of piperazine rings is 1. The van der Waals surface area contributed by atoms with Crippen LogP contribution in [0.25, 0.3) is 0 Å². The number of rotatable bonds is 3. The predicted molar refractivity (Wildman–Crippen MR) is 126 cm³/mol. The highest BCUT2D eigenvalue weighted by Gasteiger charge is 2.29. The third kappa shape index (κ3) is 4.27. The average Bonchev–Trinajstić information content (AvgIpc) is 2.95. The summed E-state index contributed by atoms with van der Waals surface area (Å²) >= 11 is 8.28. The molecule has 0 spiro atoms. The number of fused-ring (bicyclic) bond motifs is 2. The van der Waals surface area contributed by atoms with Crippen molar-refractivity contribution in [3.05, 3.63) is 94.5 Å². The van der Waals surface area contributed by atoms with Crippen LogP contribution in [-0.2, 0) is 6.42 Å². The van der Waals surface area contributed by atoms with E-state index in [1.165, 1.54) is 20.9 Å². The van der Waals surface area contributed by atoms with Gasteiger partial charge in [0.2, 0.25) is 0 Å². The second-order valence-corrected chi connectivity index (χ2v) is 9.28. The van der Waals surface area contributed by atoms with Crippen LogP contribution in [0.2, 0.25) is 5.02 Å². The molecule has 1 atom stereocenters. The third-order valence-electron chi connectivity index (χ3n) is 5.84. The van der Waals surface area contributed by atoms with E-state index in [9.17, 15) is 0 Å². The van der Waals surface area contributed by atoms with Crippen molar-refractivity contribution in [2.45, 2.75) is 22.3 Å². The van der Waals surface area contributed by atoms with Crippen LogP contribution >= 0.6 is 23.4 Å². The van der Waals surface area contributed by atoms with Crippen LogP contribution in [-0.4, -0.2) is 42.3 Å². The molecule has 0 amide bonds. The summed E-state index contributed by atoms with van der Waals surface area (Å²) in [7, 11) is 0. The highest BCUT2D eigenvalue weighted by atomic mass is 35.5. The van der Waals surface area contributed by atoms with Gasteiger partial charge in [-0.25, -0.2) is 0 Å². The summed E-state index contributed by atoms with van der Waals surface area (Å²) in [4.78, 5) is 5.28.